The number of Topliss-reactive ketones (excluding diaryl/α,β-unsaturated/α-hetero) is 2. The maximum absolute atomic E-state index is 11.5. The third-order valence-electron chi connectivity index (χ3n) is 1.96. The summed E-state index contributed by atoms with van der Waals surface area (Å²) < 4.78 is 0. The van der Waals surface area contributed by atoms with Crippen molar-refractivity contribution >= 4 is 11.6 Å². The van der Waals surface area contributed by atoms with E-state index in [1.807, 2.05) is 0 Å². The highest BCUT2D eigenvalue weighted by atomic mass is 16.1. The molecule has 0 spiro atoms. The van der Waals surface area contributed by atoms with E-state index < -0.39 is 0 Å². The Bertz CT molecular complexity index is 361. The van der Waals surface area contributed by atoms with E-state index in [1.54, 1.807) is 13.8 Å². The molecule has 4 nitrogen and oxygen atoms in total. The zero-order valence-electron chi connectivity index (χ0n) is 8.28. The van der Waals surface area contributed by atoms with Crippen LogP contribution in [-0.4, -0.2) is 21.5 Å². The first-order valence-electron chi connectivity index (χ1n) is 4.46. The van der Waals surface area contributed by atoms with Crippen LogP contribution in [0.5, 0.6) is 0 Å². The van der Waals surface area contributed by atoms with Gasteiger partial charge in [0.05, 0.1) is 17.7 Å². The van der Waals surface area contributed by atoms with Crippen molar-refractivity contribution in [3.05, 3.63) is 23.8 Å². The molecule has 0 aliphatic heterocycles. The fraction of sp³-hybridized carbons (Fsp3) is 0.400. The largest absolute Gasteiger partial charge is 0.299 e. The zero-order valence-corrected chi connectivity index (χ0v) is 8.28. The topological polar surface area (TPSA) is 59.9 Å². The molecule has 14 heavy (non-hydrogen) atoms. The summed E-state index contributed by atoms with van der Waals surface area (Å²) >= 11 is 0. The molecule has 1 aromatic heterocycles. The lowest BCUT2D eigenvalue weighted by molar-refractivity contribution is -0.117. The average molecular weight is 192 g/mol. The fourth-order valence-electron chi connectivity index (χ4n) is 1.06. The Morgan fingerprint density at radius 1 is 1.43 bits per heavy atom. The number of carbonyl (C=O) groups excluding carboxylic acids is 2. The third-order valence-corrected chi connectivity index (χ3v) is 1.96. The van der Waals surface area contributed by atoms with Crippen molar-refractivity contribution in [2.24, 2.45) is 0 Å². The molecule has 1 aromatic rings. The number of ketones is 2. The molecule has 0 bridgehead atoms. The lowest BCUT2D eigenvalue weighted by Gasteiger charge is -2.01. The Kier molecular flexibility index (Phi) is 3.45. The SMILES string of the molecule is CCC(=O)CC(=O)c1cncnc1C. The van der Waals surface area contributed by atoms with E-state index in [9.17, 15) is 9.59 Å². The van der Waals surface area contributed by atoms with Gasteiger partial charge in [-0.3, -0.25) is 9.59 Å². The molecule has 0 unspecified atom stereocenters. The summed E-state index contributed by atoms with van der Waals surface area (Å²) in [6.45, 7) is 3.47. The number of rotatable bonds is 4. The van der Waals surface area contributed by atoms with Gasteiger partial charge in [-0.25, -0.2) is 9.97 Å². The summed E-state index contributed by atoms with van der Waals surface area (Å²) in [5.74, 6) is -0.256. The van der Waals surface area contributed by atoms with Gasteiger partial charge in [0.25, 0.3) is 0 Å². The molecule has 0 aliphatic rings. The van der Waals surface area contributed by atoms with Gasteiger partial charge < -0.3 is 0 Å². The molecule has 0 radical (unpaired) electrons. The number of hydrogen-bond donors (Lipinski definition) is 0. The van der Waals surface area contributed by atoms with Crippen LogP contribution in [0.3, 0.4) is 0 Å². The highest BCUT2D eigenvalue weighted by molar-refractivity contribution is 6.08. The highest BCUT2D eigenvalue weighted by Crippen LogP contribution is 2.06. The van der Waals surface area contributed by atoms with Gasteiger partial charge in [0, 0.05) is 12.6 Å². The quantitative estimate of drug-likeness (QED) is 0.533. The van der Waals surface area contributed by atoms with E-state index in [-0.39, 0.29) is 18.0 Å². The van der Waals surface area contributed by atoms with Crippen LogP contribution in [0.4, 0.5) is 0 Å². The van der Waals surface area contributed by atoms with Gasteiger partial charge in [0.15, 0.2) is 5.78 Å². The first-order chi connectivity index (χ1) is 6.65. The standard InChI is InChI=1S/C10H12N2O2/c1-3-8(13)4-10(14)9-5-11-6-12-7(9)2/h5-6H,3-4H2,1-2H3. The molecule has 0 fully saturated rings. The number of aryl methyl sites for hydroxylation is 1. The summed E-state index contributed by atoms with van der Waals surface area (Å²) in [4.78, 5) is 30.2. The maximum atomic E-state index is 11.5. The Morgan fingerprint density at radius 3 is 2.71 bits per heavy atom. The molecule has 1 heterocycles. The fourth-order valence-corrected chi connectivity index (χ4v) is 1.06. The van der Waals surface area contributed by atoms with Crippen molar-refractivity contribution in [1.82, 2.24) is 9.97 Å². The molecule has 0 saturated heterocycles. The van der Waals surface area contributed by atoms with Crippen molar-refractivity contribution < 1.29 is 9.59 Å². The third kappa shape index (κ3) is 2.45. The molecular weight excluding hydrogens is 180 g/mol. The summed E-state index contributed by atoms with van der Waals surface area (Å²) in [7, 11) is 0. The van der Waals surface area contributed by atoms with E-state index >= 15 is 0 Å². The van der Waals surface area contributed by atoms with E-state index in [0.717, 1.165) is 0 Å². The summed E-state index contributed by atoms with van der Waals surface area (Å²) in [6, 6.07) is 0. The minimum atomic E-state index is -0.199. The van der Waals surface area contributed by atoms with Gasteiger partial charge in [0.1, 0.15) is 12.1 Å². The second kappa shape index (κ2) is 4.60. The molecule has 0 saturated carbocycles. The van der Waals surface area contributed by atoms with Gasteiger partial charge >= 0.3 is 0 Å². The lowest BCUT2D eigenvalue weighted by Crippen LogP contribution is -2.09. The van der Waals surface area contributed by atoms with E-state index in [2.05, 4.69) is 9.97 Å². The summed E-state index contributed by atoms with van der Waals surface area (Å²) in [6.07, 6.45) is 3.17. The van der Waals surface area contributed by atoms with Crippen molar-refractivity contribution in [3.8, 4) is 0 Å². The van der Waals surface area contributed by atoms with Gasteiger partial charge in [-0.1, -0.05) is 6.92 Å². The second-order valence-electron chi connectivity index (χ2n) is 3.01. The van der Waals surface area contributed by atoms with Gasteiger partial charge in [0.2, 0.25) is 0 Å². The average Bonchev–Trinajstić information content (AvgIpc) is 2.18. The second-order valence-corrected chi connectivity index (χ2v) is 3.01. The highest BCUT2D eigenvalue weighted by Gasteiger charge is 2.13. The van der Waals surface area contributed by atoms with Crippen LogP contribution in [0.15, 0.2) is 12.5 Å². The molecule has 74 valence electrons. The minimum Gasteiger partial charge on any atom is -0.299 e. The maximum Gasteiger partial charge on any atom is 0.173 e. The van der Waals surface area contributed by atoms with Gasteiger partial charge in [-0.15, -0.1) is 0 Å². The zero-order chi connectivity index (χ0) is 10.6. The predicted octanol–water partition coefficient (Wildman–Crippen LogP) is 1.34. The van der Waals surface area contributed by atoms with Crippen LogP contribution in [0, 0.1) is 6.92 Å². The van der Waals surface area contributed by atoms with Crippen LogP contribution in [0.2, 0.25) is 0 Å². The first kappa shape index (κ1) is 10.5. The van der Waals surface area contributed by atoms with E-state index in [0.29, 0.717) is 17.7 Å². The Labute approximate surface area is 82.4 Å². The van der Waals surface area contributed by atoms with Crippen molar-refractivity contribution in [1.29, 1.82) is 0 Å². The van der Waals surface area contributed by atoms with Crippen LogP contribution in [0.1, 0.15) is 35.8 Å². The normalized spacial score (nSPS) is 9.86. The van der Waals surface area contributed by atoms with Crippen molar-refractivity contribution in [2.45, 2.75) is 26.7 Å². The summed E-state index contributed by atoms with van der Waals surface area (Å²) in [5, 5.41) is 0. The van der Waals surface area contributed by atoms with Crippen LogP contribution in [0.25, 0.3) is 0 Å². The smallest absolute Gasteiger partial charge is 0.173 e. The monoisotopic (exact) mass is 192 g/mol. The molecule has 1 rings (SSSR count). The molecule has 0 N–H and O–H groups in total. The van der Waals surface area contributed by atoms with Gasteiger partial charge in [-0.05, 0) is 6.92 Å². The Balaban J connectivity index is 2.80. The van der Waals surface area contributed by atoms with E-state index in [4.69, 9.17) is 0 Å². The molecule has 0 aromatic carbocycles. The lowest BCUT2D eigenvalue weighted by atomic mass is 10.1. The number of aromatic nitrogens is 2. The number of nitrogens with zero attached hydrogens (tertiary/aromatic N) is 2. The van der Waals surface area contributed by atoms with Gasteiger partial charge in [-0.2, -0.15) is 0 Å². The van der Waals surface area contributed by atoms with Crippen LogP contribution >= 0.6 is 0 Å². The van der Waals surface area contributed by atoms with Crippen molar-refractivity contribution in [3.63, 3.8) is 0 Å². The first-order valence-corrected chi connectivity index (χ1v) is 4.46. The molecular formula is C10H12N2O2. The Hall–Kier alpha value is -1.58. The summed E-state index contributed by atoms with van der Waals surface area (Å²) in [5.41, 5.74) is 1.06. The molecule has 0 aliphatic carbocycles. The van der Waals surface area contributed by atoms with E-state index in [1.165, 1.54) is 12.5 Å². The number of hydrogen-bond acceptors (Lipinski definition) is 4. The van der Waals surface area contributed by atoms with Crippen LogP contribution < -0.4 is 0 Å². The molecule has 0 amide bonds. The number of carbonyl (C=O) groups is 2. The molecule has 4 heteroatoms. The van der Waals surface area contributed by atoms with Crippen LogP contribution in [-0.2, 0) is 4.79 Å². The molecule has 0 atom stereocenters. The van der Waals surface area contributed by atoms with Crippen molar-refractivity contribution in [2.75, 3.05) is 0 Å². The minimum absolute atomic E-state index is 0.0509. The predicted molar refractivity (Wildman–Crippen MR) is 51.0 cm³/mol. The Morgan fingerprint density at radius 2 is 2.14 bits per heavy atom.